The molecule has 0 saturated carbocycles. The first-order valence-corrected chi connectivity index (χ1v) is 15.5. The summed E-state index contributed by atoms with van der Waals surface area (Å²) >= 11 is 0. The fraction of sp³-hybridized carbons (Fsp3) is 0.667. The number of carboxylic acids is 3. The number of anilines is 1. The lowest BCUT2D eigenvalue weighted by molar-refractivity contribution is -0.139. The molecule has 0 aliphatic carbocycles. The lowest BCUT2D eigenvalue weighted by Crippen LogP contribution is -2.45. The standard InChI is InChI=1S/C23H38N6O7.C4H11N.C3H9N/c1-2-27(16-22(33)34)9-10-29(15-20(30)26-19-5-3-18(13-24)4-6-19)12-11-28(17-23(35)36)8-7-25-14-21(31)32;1-2-3-4-5;1-2-3-4/h3-6,25H,2,7-17,24H2,1H3,(H,26,30)(H,31,32)(H,33,34)(H,35,36);2-5H2,1H3;2-4H2,1H3. The summed E-state index contributed by atoms with van der Waals surface area (Å²) in [5.41, 5.74) is 17.3. The number of carbonyl (C=O) groups excluding carboxylic acids is 1. The average Bonchev–Trinajstić information content (AvgIpc) is 3.00. The molecule has 0 heterocycles. The minimum Gasteiger partial charge on any atom is -0.480 e. The number of hydrogen-bond acceptors (Lipinski definition) is 11. The molecule has 1 aromatic carbocycles. The van der Waals surface area contributed by atoms with Crippen LogP contribution in [0.4, 0.5) is 5.69 Å². The van der Waals surface area contributed by atoms with Gasteiger partial charge in [0, 0.05) is 51.5 Å². The summed E-state index contributed by atoms with van der Waals surface area (Å²) in [6, 6.07) is 7.16. The first-order chi connectivity index (χ1) is 21.4. The van der Waals surface area contributed by atoms with Crippen LogP contribution in [0.1, 0.15) is 45.6 Å². The maximum atomic E-state index is 12.7. The van der Waals surface area contributed by atoms with E-state index in [1.54, 1.807) is 21.9 Å². The predicted molar refractivity (Wildman–Crippen MR) is 177 cm³/mol. The van der Waals surface area contributed by atoms with E-state index in [4.69, 9.17) is 27.4 Å². The fourth-order valence-electron chi connectivity index (χ4n) is 3.60. The van der Waals surface area contributed by atoms with E-state index in [1.807, 2.05) is 24.0 Å². The number of carboxylic acid groups (broad SMARTS) is 3. The third kappa shape index (κ3) is 28.1. The van der Waals surface area contributed by atoms with E-state index in [1.165, 1.54) is 12.8 Å². The smallest absolute Gasteiger partial charge is 0.317 e. The van der Waals surface area contributed by atoms with Crippen molar-refractivity contribution in [3.8, 4) is 0 Å². The van der Waals surface area contributed by atoms with Crippen LogP contribution in [0, 0.1) is 0 Å². The van der Waals surface area contributed by atoms with Crippen molar-refractivity contribution in [2.45, 2.75) is 46.6 Å². The number of unbranched alkanes of at least 4 members (excludes halogenated alkanes) is 1. The normalized spacial score (nSPS) is 10.6. The SMILES string of the molecule is CCCCN.CCCN.CCN(CCN(CCN(CCNCC(=O)O)CC(=O)O)CC(=O)Nc1ccc(CN)cc1)CC(=O)O. The largest absolute Gasteiger partial charge is 0.480 e. The lowest BCUT2D eigenvalue weighted by Gasteiger charge is -2.28. The van der Waals surface area contributed by atoms with Crippen molar-refractivity contribution in [2.24, 2.45) is 17.2 Å². The monoisotopic (exact) mass is 642 g/mol. The zero-order valence-electron chi connectivity index (χ0n) is 27.4. The van der Waals surface area contributed by atoms with E-state index in [0.29, 0.717) is 58.0 Å². The van der Waals surface area contributed by atoms with Gasteiger partial charge in [-0.05, 0) is 50.2 Å². The van der Waals surface area contributed by atoms with Crippen LogP contribution in [0.5, 0.6) is 0 Å². The molecule has 0 saturated heterocycles. The Bertz CT molecular complexity index is 918. The van der Waals surface area contributed by atoms with E-state index < -0.39 is 17.9 Å². The highest BCUT2D eigenvalue weighted by Crippen LogP contribution is 2.09. The summed E-state index contributed by atoms with van der Waals surface area (Å²) in [7, 11) is 0. The minimum atomic E-state index is -1.02. The van der Waals surface area contributed by atoms with Crippen molar-refractivity contribution in [3.05, 3.63) is 29.8 Å². The Kier molecular flexibility index (Phi) is 28.8. The zero-order valence-corrected chi connectivity index (χ0v) is 27.4. The first-order valence-electron chi connectivity index (χ1n) is 15.5. The molecule has 0 unspecified atom stereocenters. The molecule has 11 N–H and O–H groups in total. The summed E-state index contributed by atoms with van der Waals surface area (Å²) in [6.45, 7) is 10.2. The summed E-state index contributed by atoms with van der Waals surface area (Å²) in [5, 5.41) is 32.6. The molecule has 0 aromatic heterocycles. The van der Waals surface area contributed by atoms with Crippen LogP contribution < -0.4 is 27.8 Å². The van der Waals surface area contributed by atoms with Gasteiger partial charge < -0.3 is 43.2 Å². The van der Waals surface area contributed by atoms with Crippen molar-refractivity contribution in [1.82, 2.24) is 20.0 Å². The van der Waals surface area contributed by atoms with Gasteiger partial charge in [0.05, 0.1) is 26.2 Å². The fourth-order valence-corrected chi connectivity index (χ4v) is 3.60. The van der Waals surface area contributed by atoms with Crippen molar-refractivity contribution in [3.63, 3.8) is 0 Å². The van der Waals surface area contributed by atoms with Crippen molar-refractivity contribution in [2.75, 3.05) is 90.4 Å². The molecule has 0 aliphatic heterocycles. The molecule has 260 valence electrons. The van der Waals surface area contributed by atoms with E-state index in [9.17, 15) is 24.3 Å². The number of aliphatic carboxylic acids is 3. The van der Waals surface area contributed by atoms with Gasteiger partial charge in [-0.25, -0.2) is 0 Å². The number of carbonyl (C=O) groups is 4. The Labute approximate surface area is 268 Å². The molecule has 1 aromatic rings. The minimum absolute atomic E-state index is 0.0292. The van der Waals surface area contributed by atoms with Gasteiger partial charge in [0.15, 0.2) is 0 Å². The number of benzene rings is 1. The van der Waals surface area contributed by atoms with Gasteiger partial charge in [-0.3, -0.25) is 33.9 Å². The van der Waals surface area contributed by atoms with Gasteiger partial charge in [0.1, 0.15) is 0 Å². The molecule has 0 fully saturated rings. The zero-order chi connectivity index (χ0) is 34.5. The number of likely N-dealkylation sites (N-methyl/N-ethyl adjacent to an activating group) is 1. The molecule has 0 aliphatic rings. The van der Waals surface area contributed by atoms with Crippen LogP contribution in [0.3, 0.4) is 0 Å². The van der Waals surface area contributed by atoms with Crippen molar-refractivity contribution < 1.29 is 34.5 Å². The number of nitrogens with zero attached hydrogens (tertiary/aromatic N) is 3. The van der Waals surface area contributed by atoms with E-state index >= 15 is 0 Å². The summed E-state index contributed by atoms with van der Waals surface area (Å²) in [4.78, 5) is 51.0. The maximum Gasteiger partial charge on any atom is 0.317 e. The molecule has 45 heavy (non-hydrogen) atoms. The molecule has 0 radical (unpaired) electrons. The number of nitrogens with one attached hydrogen (secondary N) is 2. The summed E-state index contributed by atoms with van der Waals surface area (Å²) in [5.74, 6) is -3.22. The maximum absolute atomic E-state index is 12.7. The molecule has 15 nitrogen and oxygen atoms in total. The van der Waals surface area contributed by atoms with E-state index in [2.05, 4.69) is 24.5 Å². The van der Waals surface area contributed by atoms with Gasteiger partial charge in [0.25, 0.3) is 0 Å². The highest BCUT2D eigenvalue weighted by molar-refractivity contribution is 5.92. The van der Waals surface area contributed by atoms with Crippen molar-refractivity contribution >= 4 is 29.5 Å². The van der Waals surface area contributed by atoms with Gasteiger partial charge in [-0.1, -0.05) is 39.3 Å². The molecule has 1 amide bonds. The second-order valence-corrected chi connectivity index (χ2v) is 10.2. The van der Waals surface area contributed by atoms with Gasteiger partial charge in [-0.2, -0.15) is 0 Å². The van der Waals surface area contributed by atoms with Gasteiger partial charge in [0.2, 0.25) is 5.91 Å². The predicted octanol–water partition coefficient (Wildman–Crippen LogP) is -0.0466. The summed E-state index contributed by atoms with van der Waals surface area (Å²) < 4.78 is 0. The molecule has 0 atom stereocenters. The quantitative estimate of drug-likeness (QED) is 0.0731. The second kappa shape index (κ2) is 29.5. The topological polar surface area (TPSA) is 241 Å². The molecule has 0 spiro atoms. The number of rotatable bonds is 23. The van der Waals surface area contributed by atoms with Crippen molar-refractivity contribution in [1.29, 1.82) is 0 Å². The molecule has 15 heteroatoms. The molecular weight excluding hydrogens is 584 g/mol. The average molecular weight is 643 g/mol. The van der Waals surface area contributed by atoms with Crippen LogP contribution in [0.2, 0.25) is 0 Å². The highest BCUT2D eigenvalue weighted by Gasteiger charge is 2.17. The Balaban J connectivity index is 0. The molecule has 0 bridgehead atoms. The van der Waals surface area contributed by atoms with E-state index in [-0.39, 0.29) is 32.1 Å². The number of hydrogen-bond donors (Lipinski definition) is 8. The van der Waals surface area contributed by atoms with Crippen LogP contribution in [-0.2, 0) is 25.7 Å². The third-order valence-corrected chi connectivity index (χ3v) is 6.20. The van der Waals surface area contributed by atoms with E-state index in [0.717, 1.165) is 25.1 Å². The third-order valence-electron chi connectivity index (χ3n) is 6.20. The Morgan fingerprint density at radius 1 is 0.689 bits per heavy atom. The van der Waals surface area contributed by atoms with Crippen LogP contribution in [0.25, 0.3) is 0 Å². The van der Waals surface area contributed by atoms with Crippen LogP contribution in [0.15, 0.2) is 24.3 Å². The Morgan fingerprint density at radius 3 is 1.60 bits per heavy atom. The van der Waals surface area contributed by atoms with Gasteiger partial charge >= 0.3 is 17.9 Å². The Morgan fingerprint density at radius 2 is 1.20 bits per heavy atom. The van der Waals surface area contributed by atoms with Crippen LogP contribution >= 0.6 is 0 Å². The molecular formula is C30H58N8O7. The van der Waals surface area contributed by atoms with Gasteiger partial charge in [-0.15, -0.1) is 0 Å². The molecule has 1 rings (SSSR count). The lowest BCUT2D eigenvalue weighted by atomic mass is 10.2. The highest BCUT2D eigenvalue weighted by atomic mass is 16.4. The summed E-state index contributed by atoms with van der Waals surface area (Å²) in [6.07, 6.45) is 3.48. The number of amides is 1. The second-order valence-electron chi connectivity index (χ2n) is 10.2. The Hall–Kier alpha value is -3.18. The van der Waals surface area contributed by atoms with Crippen LogP contribution in [-0.4, -0.2) is 139 Å². The first kappa shape index (κ1) is 43.9. The number of nitrogens with two attached hydrogens (primary N) is 3.